The van der Waals surface area contributed by atoms with E-state index in [1.54, 1.807) is 6.26 Å². The minimum absolute atomic E-state index is 0.534. The average molecular weight is 371 g/mol. The summed E-state index contributed by atoms with van der Waals surface area (Å²) in [6, 6.07) is 25.7. The van der Waals surface area contributed by atoms with E-state index in [2.05, 4.69) is 6.92 Å². The second kappa shape index (κ2) is 9.56. The van der Waals surface area contributed by atoms with Gasteiger partial charge in [0.25, 0.3) is 0 Å². The zero-order valence-corrected chi connectivity index (χ0v) is 16.6. The molecule has 142 valence electrons. The van der Waals surface area contributed by atoms with E-state index in [1.165, 1.54) is 0 Å². The molecule has 0 aliphatic rings. The Morgan fingerprint density at radius 1 is 0.821 bits per heavy atom. The molecule has 0 aromatic heterocycles. The minimum Gasteiger partial charge on any atom is -0.465 e. The van der Waals surface area contributed by atoms with Gasteiger partial charge in [-0.3, -0.25) is 0 Å². The molecule has 0 unspecified atom stereocenters. The molecule has 0 bridgehead atoms. The van der Waals surface area contributed by atoms with Crippen molar-refractivity contribution in [2.45, 2.75) is 27.2 Å². The van der Waals surface area contributed by atoms with Crippen LogP contribution < -0.4 is 9.47 Å². The van der Waals surface area contributed by atoms with Crippen molar-refractivity contribution in [1.82, 2.24) is 0 Å². The van der Waals surface area contributed by atoms with Crippen molar-refractivity contribution in [2.75, 3.05) is 0 Å². The standard InChI is InChI=1S/C25H25NO2/c1-4-21(18-27-23-14-8-10-19(2)16-23)25(26-22-12-6-5-7-13-22)28-24-15-9-11-20(3)17-24/h5-18H,4H2,1-3H3/b21-18+,26-25?. The quantitative estimate of drug-likeness (QED) is 0.271. The Morgan fingerprint density at radius 3 is 2.11 bits per heavy atom. The van der Waals surface area contributed by atoms with Crippen LogP contribution in [0.25, 0.3) is 0 Å². The first-order valence-corrected chi connectivity index (χ1v) is 9.45. The van der Waals surface area contributed by atoms with Crippen molar-refractivity contribution >= 4 is 11.6 Å². The first-order valence-electron chi connectivity index (χ1n) is 9.45. The van der Waals surface area contributed by atoms with Crippen LogP contribution in [-0.4, -0.2) is 5.90 Å². The summed E-state index contributed by atoms with van der Waals surface area (Å²) in [5, 5.41) is 0. The average Bonchev–Trinajstić information content (AvgIpc) is 2.69. The smallest absolute Gasteiger partial charge is 0.226 e. The molecular weight excluding hydrogens is 346 g/mol. The highest BCUT2D eigenvalue weighted by molar-refractivity contribution is 5.96. The van der Waals surface area contributed by atoms with E-state index in [0.717, 1.165) is 40.3 Å². The Morgan fingerprint density at radius 2 is 1.46 bits per heavy atom. The van der Waals surface area contributed by atoms with Crippen molar-refractivity contribution in [1.29, 1.82) is 0 Å². The lowest BCUT2D eigenvalue weighted by Gasteiger charge is -2.12. The van der Waals surface area contributed by atoms with Gasteiger partial charge in [-0.25, -0.2) is 4.99 Å². The Hall–Kier alpha value is -3.33. The molecule has 0 saturated carbocycles. The fourth-order valence-electron chi connectivity index (χ4n) is 2.68. The fraction of sp³-hybridized carbons (Fsp3) is 0.160. The lowest BCUT2D eigenvalue weighted by molar-refractivity contribution is 0.471. The van der Waals surface area contributed by atoms with Gasteiger partial charge in [0, 0.05) is 5.57 Å². The molecule has 0 fully saturated rings. The predicted molar refractivity (Wildman–Crippen MR) is 116 cm³/mol. The van der Waals surface area contributed by atoms with Gasteiger partial charge < -0.3 is 9.47 Å². The minimum atomic E-state index is 0.534. The van der Waals surface area contributed by atoms with Crippen LogP contribution >= 0.6 is 0 Å². The number of nitrogens with zero attached hydrogens (tertiary/aromatic N) is 1. The van der Waals surface area contributed by atoms with Gasteiger partial charge in [-0.05, 0) is 67.8 Å². The number of aryl methyl sites for hydroxylation is 2. The van der Waals surface area contributed by atoms with Gasteiger partial charge in [0.15, 0.2) is 0 Å². The SMILES string of the molecule is CC/C(=C\Oc1cccc(C)c1)C(=Nc1ccccc1)Oc1cccc(C)c1. The van der Waals surface area contributed by atoms with Crippen LogP contribution in [0.3, 0.4) is 0 Å². The van der Waals surface area contributed by atoms with Gasteiger partial charge in [-0.1, -0.05) is 49.4 Å². The topological polar surface area (TPSA) is 30.8 Å². The summed E-state index contributed by atoms with van der Waals surface area (Å²) in [6.07, 6.45) is 2.45. The molecule has 0 spiro atoms. The van der Waals surface area contributed by atoms with Gasteiger partial charge in [0.05, 0.1) is 11.9 Å². The van der Waals surface area contributed by atoms with Gasteiger partial charge >= 0.3 is 0 Å². The second-order valence-corrected chi connectivity index (χ2v) is 6.60. The Bertz CT molecular complexity index is 975. The normalized spacial score (nSPS) is 12.0. The van der Waals surface area contributed by atoms with Crippen molar-refractivity contribution < 1.29 is 9.47 Å². The zero-order valence-electron chi connectivity index (χ0n) is 16.6. The van der Waals surface area contributed by atoms with Crippen LogP contribution in [0.2, 0.25) is 0 Å². The third kappa shape index (κ3) is 5.58. The van der Waals surface area contributed by atoms with Crippen LogP contribution in [0.4, 0.5) is 5.69 Å². The van der Waals surface area contributed by atoms with Gasteiger partial charge in [-0.15, -0.1) is 0 Å². The van der Waals surface area contributed by atoms with Gasteiger partial charge in [0.1, 0.15) is 11.5 Å². The molecule has 3 aromatic rings. The summed E-state index contributed by atoms with van der Waals surface area (Å²) in [5.41, 5.74) is 4.00. The lowest BCUT2D eigenvalue weighted by Crippen LogP contribution is -2.12. The summed E-state index contributed by atoms with van der Waals surface area (Å²) < 4.78 is 12.1. The maximum atomic E-state index is 6.17. The Balaban J connectivity index is 1.93. The van der Waals surface area contributed by atoms with Crippen LogP contribution in [0.1, 0.15) is 24.5 Å². The molecule has 3 aromatic carbocycles. The summed E-state index contributed by atoms with van der Waals surface area (Å²) >= 11 is 0. The number of aliphatic imine (C=N–C) groups is 1. The highest BCUT2D eigenvalue weighted by Crippen LogP contribution is 2.21. The van der Waals surface area contributed by atoms with E-state index in [9.17, 15) is 0 Å². The fourth-order valence-corrected chi connectivity index (χ4v) is 2.68. The second-order valence-electron chi connectivity index (χ2n) is 6.60. The van der Waals surface area contributed by atoms with Crippen LogP contribution in [0, 0.1) is 13.8 Å². The summed E-state index contributed by atoms with van der Waals surface area (Å²) in [7, 11) is 0. The number of rotatable bonds is 6. The predicted octanol–water partition coefficient (Wildman–Crippen LogP) is 6.79. The molecule has 3 heteroatoms. The highest BCUT2D eigenvalue weighted by Gasteiger charge is 2.11. The molecule has 0 aliphatic carbocycles. The molecule has 3 nitrogen and oxygen atoms in total. The van der Waals surface area contributed by atoms with E-state index in [1.807, 2.05) is 92.7 Å². The zero-order chi connectivity index (χ0) is 19.8. The van der Waals surface area contributed by atoms with Crippen molar-refractivity contribution in [3.8, 4) is 11.5 Å². The number of hydrogen-bond donors (Lipinski definition) is 0. The van der Waals surface area contributed by atoms with E-state index in [4.69, 9.17) is 14.5 Å². The van der Waals surface area contributed by atoms with Crippen LogP contribution in [0.15, 0.2) is 95.7 Å². The maximum Gasteiger partial charge on any atom is 0.226 e. The molecule has 0 heterocycles. The van der Waals surface area contributed by atoms with E-state index in [-0.39, 0.29) is 0 Å². The monoisotopic (exact) mass is 371 g/mol. The van der Waals surface area contributed by atoms with E-state index >= 15 is 0 Å². The molecule has 0 saturated heterocycles. The first kappa shape index (κ1) is 19.4. The van der Waals surface area contributed by atoms with Crippen molar-refractivity contribution in [2.24, 2.45) is 4.99 Å². The van der Waals surface area contributed by atoms with Crippen molar-refractivity contribution in [3.63, 3.8) is 0 Å². The number of benzene rings is 3. The van der Waals surface area contributed by atoms with Crippen LogP contribution in [0.5, 0.6) is 11.5 Å². The van der Waals surface area contributed by atoms with Crippen LogP contribution in [-0.2, 0) is 0 Å². The Labute approximate surface area is 167 Å². The third-order valence-corrected chi connectivity index (χ3v) is 4.17. The lowest BCUT2D eigenvalue weighted by atomic mass is 10.2. The van der Waals surface area contributed by atoms with Gasteiger partial charge in [0.2, 0.25) is 5.90 Å². The summed E-state index contributed by atoms with van der Waals surface area (Å²) in [4.78, 5) is 4.73. The van der Waals surface area contributed by atoms with E-state index in [0.29, 0.717) is 5.90 Å². The summed E-state index contributed by atoms with van der Waals surface area (Å²) in [6.45, 7) is 6.14. The molecular formula is C25H25NO2. The highest BCUT2D eigenvalue weighted by atomic mass is 16.5. The van der Waals surface area contributed by atoms with Gasteiger partial charge in [-0.2, -0.15) is 0 Å². The molecule has 0 atom stereocenters. The van der Waals surface area contributed by atoms with Crippen molar-refractivity contribution in [3.05, 3.63) is 102 Å². The number of para-hydroxylation sites is 1. The number of ether oxygens (including phenoxy) is 2. The first-order chi connectivity index (χ1) is 13.6. The molecule has 0 radical (unpaired) electrons. The maximum absolute atomic E-state index is 6.17. The van der Waals surface area contributed by atoms with E-state index < -0.39 is 0 Å². The Kier molecular flexibility index (Phi) is 6.64. The molecule has 0 aliphatic heterocycles. The molecule has 0 amide bonds. The summed E-state index contributed by atoms with van der Waals surface area (Å²) in [5.74, 6) is 2.08. The largest absolute Gasteiger partial charge is 0.465 e. The number of hydrogen-bond acceptors (Lipinski definition) is 3. The third-order valence-electron chi connectivity index (χ3n) is 4.17. The molecule has 28 heavy (non-hydrogen) atoms. The molecule has 0 N–H and O–H groups in total. The molecule has 3 rings (SSSR count).